The van der Waals surface area contributed by atoms with E-state index in [0.717, 1.165) is 19.3 Å². The van der Waals surface area contributed by atoms with Gasteiger partial charge in [0, 0.05) is 6.42 Å². The molecule has 5 nitrogen and oxygen atoms in total. The highest BCUT2D eigenvalue weighted by atomic mass is 16.5. The lowest BCUT2D eigenvalue weighted by Crippen LogP contribution is -2.33. The summed E-state index contributed by atoms with van der Waals surface area (Å²) in [5.74, 6) is 1.27. The van der Waals surface area contributed by atoms with E-state index >= 15 is 0 Å². The Morgan fingerprint density at radius 1 is 1.17 bits per heavy atom. The molecular formula is C25H42O5. The molecule has 0 aromatic carbocycles. The van der Waals surface area contributed by atoms with Gasteiger partial charge in [-0.05, 0) is 55.8 Å². The van der Waals surface area contributed by atoms with E-state index in [0.29, 0.717) is 30.1 Å². The van der Waals surface area contributed by atoms with Gasteiger partial charge in [-0.15, -0.1) is 0 Å². The van der Waals surface area contributed by atoms with Crippen molar-refractivity contribution in [2.75, 3.05) is 0 Å². The maximum Gasteiger partial charge on any atom is 0.308 e. The van der Waals surface area contributed by atoms with Gasteiger partial charge in [-0.25, -0.2) is 0 Å². The standard InChI is InChI=1S/C20H32O3.C5H10O2/c1-14-6-4-5-7-15(2)19(16(3)9-8-14)11-10-18-12-17(21)13-20(22)23-18;1-3-4(2)5(6)7/h4-7,14-19,21H,8-13H2,1-3H3;4H,3H2,1-2H3,(H,6,7)/b6-4+,7-5-;/t14?,15-,16?,17+,18?,19-;/m0./s1. The van der Waals surface area contributed by atoms with Gasteiger partial charge in [-0.2, -0.15) is 0 Å². The second-order valence-electron chi connectivity index (χ2n) is 9.26. The lowest BCUT2D eigenvalue weighted by molar-refractivity contribution is -0.160. The highest BCUT2D eigenvalue weighted by Gasteiger charge is 2.29. The average Bonchev–Trinajstić information content (AvgIpc) is 2.68. The molecule has 4 unspecified atom stereocenters. The molecule has 1 aliphatic heterocycles. The molecule has 5 heteroatoms. The number of aliphatic carboxylic acids is 1. The van der Waals surface area contributed by atoms with Gasteiger partial charge >= 0.3 is 11.9 Å². The molecule has 2 rings (SSSR count). The molecule has 30 heavy (non-hydrogen) atoms. The van der Waals surface area contributed by atoms with E-state index in [1.54, 1.807) is 6.92 Å². The van der Waals surface area contributed by atoms with E-state index in [2.05, 4.69) is 45.1 Å². The van der Waals surface area contributed by atoms with Crippen molar-refractivity contribution in [3.05, 3.63) is 24.3 Å². The van der Waals surface area contributed by atoms with Crippen molar-refractivity contribution in [3.63, 3.8) is 0 Å². The smallest absolute Gasteiger partial charge is 0.308 e. The molecule has 0 aromatic heterocycles. The van der Waals surface area contributed by atoms with E-state index in [4.69, 9.17) is 9.84 Å². The molecule has 1 heterocycles. The number of carbonyl (C=O) groups is 2. The van der Waals surface area contributed by atoms with Gasteiger partial charge in [-0.3, -0.25) is 9.59 Å². The average molecular weight is 423 g/mol. The highest BCUT2D eigenvalue weighted by molar-refractivity contribution is 5.71. The Morgan fingerprint density at radius 2 is 1.83 bits per heavy atom. The SMILES string of the molecule is CC1/C=C/C=C\[C@H](C)[C@H](CCC2C[C@@H](O)CC(=O)O2)C(C)CC1.CCC(C)C(=O)O. The molecule has 7 atom stereocenters. The summed E-state index contributed by atoms with van der Waals surface area (Å²) in [5, 5.41) is 17.9. The second-order valence-corrected chi connectivity index (χ2v) is 9.26. The fourth-order valence-electron chi connectivity index (χ4n) is 4.13. The maximum absolute atomic E-state index is 11.5. The first kappa shape index (κ1) is 26.4. The zero-order valence-electron chi connectivity index (χ0n) is 19.4. The third-order valence-electron chi connectivity index (χ3n) is 6.54. The number of aliphatic hydroxyl groups excluding tert-OH is 1. The van der Waals surface area contributed by atoms with Gasteiger partial charge in [0.2, 0.25) is 0 Å². The molecule has 1 aliphatic carbocycles. The number of cyclic esters (lactones) is 1. The van der Waals surface area contributed by atoms with Crippen molar-refractivity contribution in [1.82, 2.24) is 0 Å². The Labute approximate surface area is 182 Å². The first-order chi connectivity index (χ1) is 14.1. The monoisotopic (exact) mass is 422 g/mol. The van der Waals surface area contributed by atoms with Crippen LogP contribution in [0.3, 0.4) is 0 Å². The van der Waals surface area contributed by atoms with Gasteiger partial charge in [0.15, 0.2) is 0 Å². The summed E-state index contributed by atoms with van der Waals surface area (Å²) in [4.78, 5) is 21.4. The van der Waals surface area contributed by atoms with Crippen LogP contribution >= 0.6 is 0 Å². The minimum atomic E-state index is -0.706. The minimum absolute atomic E-state index is 0.108. The van der Waals surface area contributed by atoms with Crippen molar-refractivity contribution in [2.45, 2.75) is 91.8 Å². The molecule has 1 saturated heterocycles. The fourth-order valence-corrected chi connectivity index (χ4v) is 4.13. The normalized spacial score (nSPS) is 35.2. The molecule has 0 aromatic rings. The van der Waals surface area contributed by atoms with Crippen molar-refractivity contribution in [2.24, 2.45) is 29.6 Å². The van der Waals surface area contributed by atoms with E-state index in [1.165, 1.54) is 12.8 Å². The first-order valence-corrected chi connectivity index (χ1v) is 11.6. The van der Waals surface area contributed by atoms with Gasteiger partial charge in [-0.1, -0.05) is 58.9 Å². The lowest BCUT2D eigenvalue weighted by Gasteiger charge is -2.32. The van der Waals surface area contributed by atoms with Gasteiger partial charge in [0.1, 0.15) is 6.10 Å². The number of ether oxygens (including phenoxy) is 1. The summed E-state index contributed by atoms with van der Waals surface area (Å²) < 4.78 is 5.41. The van der Waals surface area contributed by atoms with Gasteiger partial charge < -0.3 is 14.9 Å². The zero-order valence-corrected chi connectivity index (χ0v) is 19.4. The predicted octanol–water partition coefficient (Wildman–Crippen LogP) is 5.38. The number of esters is 1. The molecule has 0 amide bonds. The summed E-state index contributed by atoms with van der Waals surface area (Å²) in [6.07, 6.45) is 14.2. The molecule has 1 fully saturated rings. The second kappa shape index (κ2) is 13.6. The number of aliphatic hydroxyl groups is 1. The Kier molecular flexibility index (Phi) is 12.0. The molecule has 0 spiro atoms. The Hall–Kier alpha value is -1.62. The van der Waals surface area contributed by atoms with E-state index in [9.17, 15) is 14.7 Å². The van der Waals surface area contributed by atoms with E-state index in [-0.39, 0.29) is 24.4 Å². The van der Waals surface area contributed by atoms with Crippen molar-refractivity contribution < 1.29 is 24.5 Å². The molecule has 0 bridgehead atoms. The number of carboxylic acid groups (broad SMARTS) is 1. The van der Waals surface area contributed by atoms with Crippen LogP contribution in [-0.4, -0.2) is 34.4 Å². The third-order valence-corrected chi connectivity index (χ3v) is 6.54. The van der Waals surface area contributed by atoms with Crippen LogP contribution in [0.4, 0.5) is 0 Å². The minimum Gasteiger partial charge on any atom is -0.481 e. The topological polar surface area (TPSA) is 83.8 Å². The summed E-state index contributed by atoms with van der Waals surface area (Å²) in [6, 6.07) is 0. The number of hydrogen-bond acceptors (Lipinski definition) is 4. The first-order valence-electron chi connectivity index (χ1n) is 11.6. The number of hydrogen-bond donors (Lipinski definition) is 2. The molecule has 0 radical (unpaired) electrons. The van der Waals surface area contributed by atoms with Crippen LogP contribution in [0.1, 0.15) is 79.6 Å². The number of carboxylic acids is 1. The molecular weight excluding hydrogens is 380 g/mol. The van der Waals surface area contributed by atoms with Crippen LogP contribution in [0.25, 0.3) is 0 Å². The van der Waals surface area contributed by atoms with Crippen LogP contribution in [0.15, 0.2) is 24.3 Å². The fraction of sp³-hybridized carbons (Fsp3) is 0.760. The van der Waals surface area contributed by atoms with Crippen molar-refractivity contribution in [3.8, 4) is 0 Å². The van der Waals surface area contributed by atoms with Crippen molar-refractivity contribution >= 4 is 11.9 Å². The number of carbonyl (C=O) groups excluding carboxylic acids is 1. The molecule has 172 valence electrons. The number of rotatable bonds is 5. The Balaban J connectivity index is 0.000000553. The largest absolute Gasteiger partial charge is 0.481 e. The zero-order chi connectivity index (χ0) is 22.7. The van der Waals surface area contributed by atoms with Crippen LogP contribution < -0.4 is 0 Å². The maximum atomic E-state index is 11.5. The van der Waals surface area contributed by atoms with Gasteiger partial charge in [0.05, 0.1) is 18.4 Å². The Bertz CT molecular complexity index is 582. The van der Waals surface area contributed by atoms with Crippen LogP contribution in [0.5, 0.6) is 0 Å². The lowest BCUT2D eigenvalue weighted by atomic mass is 9.76. The van der Waals surface area contributed by atoms with Crippen LogP contribution in [0.2, 0.25) is 0 Å². The van der Waals surface area contributed by atoms with Crippen LogP contribution in [-0.2, 0) is 14.3 Å². The van der Waals surface area contributed by atoms with E-state index < -0.39 is 12.1 Å². The quantitative estimate of drug-likeness (QED) is 0.581. The third kappa shape index (κ3) is 9.92. The van der Waals surface area contributed by atoms with Crippen LogP contribution in [0, 0.1) is 29.6 Å². The Morgan fingerprint density at radius 3 is 2.40 bits per heavy atom. The predicted molar refractivity (Wildman–Crippen MR) is 120 cm³/mol. The van der Waals surface area contributed by atoms with Gasteiger partial charge in [0.25, 0.3) is 0 Å². The molecule has 2 aliphatic rings. The molecule has 2 N–H and O–H groups in total. The number of allylic oxidation sites excluding steroid dienone is 4. The highest BCUT2D eigenvalue weighted by Crippen LogP contribution is 2.33. The molecule has 0 saturated carbocycles. The summed E-state index contributed by atoms with van der Waals surface area (Å²) >= 11 is 0. The summed E-state index contributed by atoms with van der Waals surface area (Å²) in [5.41, 5.74) is 0. The van der Waals surface area contributed by atoms with E-state index in [1.807, 2.05) is 6.92 Å². The summed E-state index contributed by atoms with van der Waals surface area (Å²) in [6.45, 7) is 10.5. The summed E-state index contributed by atoms with van der Waals surface area (Å²) in [7, 11) is 0. The van der Waals surface area contributed by atoms with Crippen molar-refractivity contribution in [1.29, 1.82) is 0 Å².